The molecule has 0 unspecified atom stereocenters. The highest BCUT2D eigenvalue weighted by atomic mass is 16.6. The van der Waals surface area contributed by atoms with E-state index in [4.69, 9.17) is 9.47 Å². The van der Waals surface area contributed by atoms with E-state index in [2.05, 4.69) is 26.0 Å². The molecule has 5 heteroatoms. The van der Waals surface area contributed by atoms with Crippen LogP contribution in [0, 0.1) is 0 Å². The van der Waals surface area contributed by atoms with E-state index in [9.17, 15) is 14.7 Å². The number of allylic oxidation sites excluding steroid dienone is 2. The van der Waals surface area contributed by atoms with Gasteiger partial charge in [0.15, 0.2) is 6.10 Å². The lowest BCUT2D eigenvalue weighted by Crippen LogP contribution is -2.28. The summed E-state index contributed by atoms with van der Waals surface area (Å²) >= 11 is 0. The van der Waals surface area contributed by atoms with E-state index in [0.29, 0.717) is 12.8 Å². The molecule has 0 spiro atoms. The lowest BCUT2D eigenvalue weighted by atomic mass is 10.0. The largest absolute Gasteiger partial charge is 0.462 e. The Morgan fingerprint density at radius 1 is 0.537 bits per heavy atom. The van der Waals surface area contributed by atoms with Crippen molar-refractivity contribution in [2.45, 2.75) is 193 Å². The topological polar surface area (TPSA) is 72.8 Å². The molecular formula is C36H68O5. The molecule has 5 nitrogen and oxygen atoms in total. The van der Waals surface area contributed by atoms with Gasteiger partial charge in [0.25, 0.3) is 0 Å². The molecule has 0 rings (SSSR count). The summed E-state index contributed by atoms with van der Waals surface area (Å²) in [7, 11) is 0. The average Bonchev–Trinajstić information content (AvgIpc) is 2.97. The van der Waals surface area contributed by atoms with E-state index >= 15 is 0 Å². The van der Waals surface area contributed by atoms with Crippen LogP contribution in [-0.4, -0.2) is 36.4 Å². The van der Waals surface area contributed by atoms with Crippen LogP contribution in [0.5, 0.6) is 0 Å². The standard InChI is InChI=1S/C36H68O5/c1-3-5-7-9-11-13-15-17-18-19-21-22-24-26-28-30-35(38)40-33-34(32-37)41-36(39)31-29-27-25-23-20-16-14-12-10-8-6-4-2/h13,15,34,37H,3-12,14,16-33H2,1-2H3/b15-13+/t34-/m0/s1. The van der Waals surface area contributed by atoms with Gasteiger partial charge >= 0.3 is 11.9 Å². The molecule has 0 aromatic heterocycles. The van der Waals surface area contributed by atoms with Crippen molar-refractivity contribution < 1.29 is 24.2 Å². The van der Waals surface area contributed by atoms with Crippen molar-refractivity contribution in [3.05, 3.63) is 12.2 Å². The van der Waals surface area contributed by atoms with Crippen LogP contribution < -0.4 is 0 Å². The predicted molar refractivity (Wildman–Crippen MR) is 173 cm³/mol. The highest BCUT2D eigenvalue weighted by Gasteiger charge is 2.16. The van der Waals surface area contributed by atoms with Crippen molar-refractivity contribution in [1.82, 2.24) is 0 Å². The Kier molecular flexibility index (Phi) is 32.0. The van der Waals surface area contributed by atoms with Gasteiger partial charge < -0.3 is 14.6 Å². The van der Waals surface area contributed by atoms with Crippen LogP contribution in [0.25, 0.3) is 0 Å². The summed E-state index contributed by atoms with van der Waals surface area (Å²) in [6.45, 7) is 4.11. The maximum atomic E-state index is 12.1. The summed E-state index contributed by atoms with van der Waals surface area (Å²) < 4.78 is 10.6. The lowest BCUT2D eigenvalue weighted by Gasteiger charge is -2.15. The second kappa shape index (κ2) is 33.1. The number of aliphatic hydroxyl groups excluding tert-OH is 1. The molecule has 0 saturated heterocycles. The number of aliphatic hydroxyl groups is 1. The quantitative estimate of drug-likeness (QED) is 0.0487. The molecule has 0 aliphatic heterocycles. The third-order valence-electron chi connectivity index (χ3n) is 7.81. The fraction of sp³-hybridized carbons (Fsp3) is 0.889. The molecular weight excluding hydrogens is 512 g/mol. The Balaban J connectivity index is 3.55. The van der Waals surface area contributed by atoms with Crippen molar-refractivity contribution in [3.63, 3.8) is 0 Å². The summed E-state index contributed by atoms with van der Waals surface area (Å²) in [5.41, 5.74) is 0. The second-order valence-electron chi connectivity index (χ2n) is 12.0. The van der Waals surface area contributed by atoms with E-state index in [0.717, 1.165) is 38.5 Å². The molecule has 0 heterocycles. The van der Waals surface area contributed by atoms with E-state index in [1.165, 1.54) is 122 Å². The van der Waals surface area contributed by atoms with Crippen molar-refractivity contribution in [2.75, 3.05) is 13.2 Å². The summed E-state index contributed by atoms with van der Waals surface area (Å²) in [4.78, 5) is 24.1. The van der Waals surface area contributed by atoms with Crippen molar-refractivity contribution in [2.24, 2.45) is 0 Å². The monoisotopic (exact) mass is 581 g/mol. The first-order valence-corrected chi connectivity index (χ1v) is 17.7. The zero-order valence-electron chi connectivity index (χ0n) is 27.3. The zero-order chi connectivity index (χ0) is 30.1. The molecule has 0 aromatic carbocycles. The summed E-state index contributed by atoms with van der Waals surface area (Å²) in [6, 6.07) is 0. The third kappa shape index (κ3) is 31.4. The third-order valence-corrected chi connectivity index (χ3v) is 7.81. The normalized spacial score (nSPS) is 12.2. The molecule has 1 N–H and O–H groups in total. The summed E-state index contributed by atoms with van der Waals surface area (Å²) in [5.74, 6) is -0.590. The van der Waals surface area contributed by atoms with Crippen molar-refractivity contribution >= 4 is 11.9 Å². The molecule has 0 aliphatic carbocycles. The van der Waals surface area contributed by atoms with Gasteiger partial charge in [-0.2, -0.15) is 0 Å². The molecule has 0 aliphatic rings. The number of unbranched alkanes of at least 4 members (excludes halogenated alkanes) is 22. The maximum absolute atomic E-state index is 12.1. The smallest absolute Gasteiger partial charge is 0.306 e. The number of rotatable bonds is 32. The second-order valence-corrected chi connectivity index (χ2v) is 12.0. The van der Waals surface area contributed by atoms with Crippen LogP contribution in [-0.2, 0) is 19.1 Å². The number of hydrogen-bond donors (Lipinski definition) is 1. The summed E-state index contributed by atoms with van der Waals surface area (Å²) in [5, 5.41) is 9.51. The van der Waals surface area contributed by atoms with Crippen LogP contribution in [0.1, 0.15) is 187 Å². The van der Waals surface area contributed by atoms with E-state index < -0.39 is 6.10 Å². The predicted octanol–water partition coefficient (Wildman–Crippen LogP) is 10.6. The highest BCUT2D eigenvalue weighted by Crippen LogP contribution is 2.14. The molecule has 41 heavy (non-hydrogen) atoms. The van der Waals surface area contributed by atoms with Gasteiger partial charge in [0, 0.05) is 12.8 Å². The zero-order valence-corrected chi connectivity index (χ0v) is 27.3. The number of esters is 2. The molecule has 0 bridgehead atoms. The first-order valence-electron chi connectivity index (χ1n) is 17.7. The fourth-order valence-electron chi connectivity index (χ4n) is 5.08. The van der Waals surface area contributed by atoms with Crippen LogP contribution in [0.4, 0.5) is 0 Å². The molecule has 242 valence electrons. The lowest BCUT2D eigenvalue weighted by molar-refractivity contribution is -0.161. The number of carbonyl (C=O) groups excluding carboxylic acids is 2. The number of hydrogen-bond acceptors (Lipinski definition) is 5. The van der Waals surface area contributed by atoms with Crippen LogP contribution >= 0.6 is 0 Å². The van der Waals surface area contributed by atoms with Gasteiger partial charge in [-0.15, -0.1) is 0 Å². The Hall–Kier alpha value is -1.36. The van der Waals surface area contributed by atoms with Gasteiger partial charge in [0.2, 0.25) is 0 Å². The SMILES string of the molecule is CCCCCC/C=C/CCCCCCCCCC(=O)OC[C@H](CO)OC(=O)CCCCCCCCCCCCCC. The van der Waals surface area contributed by atoms with Gasteiger partial charge in [-0.1, -0.05) is 148 Å². The van der Waals surface area contributed by atoms with Gasteiger partial charge in [-0.25, -0.2) is 0 Å². The Labute approximate surface area is 254 Å². The van der Waals surface area contributed by atoms with Gasteiger partial charge in [-0.3, -0.25) is 9.59 Å². The van der Waals surface area contributed by atoms with Crippen molar-refractivity contribution in [1.29, 1.82) is 0 Å². The Morgan fingerprint density at radius 3 is 1.34 bits per heavy atom. The first kappa shape index (κ1) is 39.6. The minimum absolute atomic E-state index is 0.0628. The van der Waals surface area contributed by atoms with Crippen LogP contribution in [0.2, 0.25) is 0 Å². The molecule has 0 saturated carbocycles. The van der Waals surface area contributed by atoms with Gasteiger partial charge in [0.05, 0.1) is 6.61 Å². The van der Waals surface area contributed by atoms with Crippen LogP contribution in [0.15, 0.2) is 12.2 Å². The average molecular weight is 581 g/mol. The minimum Gasteiger partial charge on any atom is -0.462 e. The number of ether oxygens (including phenoxy) is 2. The molecule has 0 radical (unpaired) electrons. The highest BCUT2D eigenvalue weighted by molar-refractivity contribution is 5.70. The first-order chi connectivity index (χ1) is 20.1. The number of carbonyl (C=O) groups is 2. The van der Waals surface area contributed by atoms with Crippen LogP contribution in [0.3, 0.4) is 0 Å². The maximum Gasteiger partial charge on any atom is 0.306 e. The molecule has 0 aromatic rings. The van der Waals surface area contributed by atoms with E-state index in [-0.39, 0.29) is 25.2 Å². The molecule has 0 amide bonds. The van der Waals surface area contributed by atoms with E-state index in [1.807, 2.05) is 0 Å². The van der Waals surface area contributed by atoms with Gasteiger partial charge in [-0.05, 0) is 38.5 Å². The van der Waals surface area contributed by atoms with Crippen molar-refractivity contribution in [3.8, 4) is 0 Å². The minimum atomic E-state index is -0.764. The van der Waals surface area contributed by atoms with Gasteiger partial charge in [0.1, 0.15) is 6.61 Å². The van der Waals surface area contributed by atoms with E-state index in [1.54, 1.807) is 0 Å². The molecule has 1 atom stereocenters. The molecule has 0 fully saturated rings. The Bertz CT molecular complexity index is 589. The fourth-order valence-corrected chi connectivity index (χ4v) is 5.08. The Morgan fingerprint density at radius 2 is 0.902 bits per heavy atom. The summed E-state index contributed by atoms with van der Waals surface area (Å²) in [6.07, 6.45) is 35.5.